The van der Waals surface area contributed by atoms with Crippen molar-refractivity contribution in [1.82, 2.24) is 9.88 Å². The van der Waals surface area contributed by atoms with E-state index in [2.05, 4.69) is 21.4 Å². The average molecular weight is 427 g/mol. The van der Waals surface area contributed by atoms with E-state index in [0.29, 0.717) is 11.6 Å². The van der Waals surface area contributed by atoms with Gasteiger partial charge in [0.15, 0.2) is 0 Å². The number of fused-ring (bicyclic) bond motifs is 1. The minimum absolute atomic E-state index is 0.163. The average Bonchev–Trinajstić information content (AvgIpc) is 2.78. The van der Waals surface area contributed by atoms with Crippen LogP contribution in [0, 0.1) is 0 Å². The number of benzene rings is 2. The number of nitrogens with zero attached hydrogens (tertiary/aromatic N) is 3. The first-order valence-corrected chi connectivity index (χ1v) is 11.5. The van der Waals surface area contributed by atoms with Gasteiger partial charge < -0.3 is 14.5 Å². The smallest absolute Gasteiger partial charge is 0.263 e. The first kappa shape index (κ1) is 20.4. The summed E-state index contributed by atoms with van der Waals surface area (Å²) in [6.45, 7) is 6.85. The predicted molar refractivity (Wildman–Crippen MR) is 120 cm³/mol. The van der Waals surface area contributed by atoms with Crippen molar-refractivity contribution in [1.29, 1.82) is 0 Å². The largest absolute Gasteiger partial charge is 0.497 e. The fourth-order valence-electron chi connectivity index (χ4n) is 3.70. The van der Waals surface area contributed by atoms with Crippen LogP contribution in [-0.4, -0.2) is 58.1 Å². The standard InChI is InChI=1S/C22H26N4O3S/c1-3-25-12-14-26(15-13-25)22-20-7-5-4-6-17(20)16-21(23-22)24-30(27,28)19-10-8-18(29-2)9-11-19/h4-11,16H,3,12-15H2,1-2H3,(H,23,24). The molecule has 1 N–H and O–H groups in total. The van der Waals surface area contributed by atoms with E-state index in [1.165, 1.54) is 12.1 Å². The van der Waals surface area contributed by atoms with Crippen LogP contribution in [0.3, 0.4) is 0 Å². The minimum atomic E-state index is -3.76. The van der Waals surface area contributed by atoms with Gasteiger partial charge in [0.25, 0.3) is 10.0 Å². The van der Waals surface area contributed by atoms with Crippen molar-refractivity contribution in [2.45, 2.75) is 11.8 Å². The Hall–Kier alpha value is -2.84. The Labute approximate surface area is 177 Å². The number of likely N-dealkylation sites (N-methyl/N-ethyl adjacent to an activating group) is 1. The predicted octanol–water partition coefficient (Wildman–Crippen LogP) is 3.19. The number of ether oxygens (including phenoxy) is 1. The molecule has 3 aromatic rings. The molecule has 158 valence electrons. The summed E-state index contributed by atoms with van der Waals surface area (Å²) in [7, 11) is -2.22. The fraction of sp³-hybridized carbons (Fsp3) is 0.318. The van der Waals surface area contributed by atoms with Crippen molar-refractivity contribution >= 4 is 32.4 Å². The van der Waals surface area contributed by atoms with Crippen molar-refractivity contribution in [2.75, 3.05) is 49.5 Å². The van der Waals surface area contributed by atoms with E-state index in [9.17, 15) is 8.42 Å². The number of methoxy groups -OCH3 is 1. The third-order valence-corrected chi connectivity index (χ3v) is 6.82. The van der Waals surface area contributed by atoms with Gasteiger partial charge in [0.05, 0.1) is 12.0 Å². The van der Waals surface area contributed by atoms with E-state index in [1.54, 1.807) is 25.3 Å². The number of anilines is 2. The summed E-state index contributed by atoms with van der Waals surface area (Å²) in [5.74, 6) is 1.74. The number of hydrogen-bond acceptors (Lipinski definition) is 6. The van der Waals surface area contributed by atoms with Crippen LogP contribution >= 0.6 is 0 Å². The maximum atomic E-state index is 12.9. The summed E-state index contributed by atoms with van der Waals surface area (Å²) in [6, 6.07) is 16.0. The SMILES string of the molecule is CCN1CCN(c2nc(NS(=O)(=O)c3ccc(OC)cc3)cc3ccccc23)CC1. The van der Waals surface area contributed by atoms with Gasteiger partial charge >= 0.3 is 0 Å². The molecule has 1 aliphatic heterocycles. The quantitative estimate of drug-likeness (QED) is 0.653. The molecule has 0 atom stereocenters. The molecular weight excluding hydrogens is 400 g/mol. The number of rotatable bonds is 6. The van der Waals surface area contributed by atoms with Crippen LogP contribution in [-0.2, 0) is 10.0 Å². The van der Waals surface area contributed by atoms with E-state index in [4.69, 9.17) is 9.72 Å². The molecule has 1 saturated heterocycles. The monoisotopic (exact) mass is 426 g/mol. The maximum absolute atomic E-state index is 12.9. The van der Waals surface area contributed by atoms with Gasteiger partial charge in [-0.2, -0.15) is 0 Å². The molecule has 2 aromatic carbocycles. The van der Waals surface area contributed by atoms with Crippen LogP contribution in [0.15, 0.2) is 59.5 Å². The van der Waals surface area contributed by atoms with Crippen LogP contribution in [0.4, 0.5) is 11.6 Å². The fourth-order valence-corrected chi connectivity index (χ4v) is 4.69. The summed E-state index contributed by atoms with van der Waals surface area (Å²) >= 11 is 0. The van der Waals surface area contributed by atoms with E-state index in [-0.39, 0.29) is 4.90 Å². The van der Waals surface area contributed by atoms with Gasteiger partial charge in [0.2, 0.25) is 0 Å². The molecule has 0 amide bonds. The Balaban J connectivity index is 1.67. The van der Waals surface area contributed by atoms with Crippen LogP contribution in [0.25, 0.3) is 10.8 Å². The normalized spacial score (nSPS) is 15.3. The van der Waals surface area contributed by atoms with Gasteiger partial charge in [-0.1, -0.05) is 31.2 Å². The first-order chi connectivity index (χ1) is 14.5. The van der Waals surface area contributed by atoms with Crippen LogP contribution in [0.2, 0.25) is 0 Å². The molecule has 8 heteroatoms. The van der Waals surface area contributed by atoms with Gasteiger partial charge in [-0.3, -0.25) is 4.72 Å². The number of pyridine rings is 1. The van der Waals surface area contributed by atoms with Crippen molar-refractivity contribution in [2.24, 2.45) is 0 Å². The third-order valence-electron chi connectivity index (χ3n) is 5.45. The zero-order chi connectivity index (χ0) is 21.1. The number of nitrogens with one attached hydrogen (secondary N) is 1. The minimum Gasteiger partial charge on any atom is -0.497 e. The molecule has 7 nitrogen and oxygen atoms in total. The van der Waals surface area contributed by atoms with E-state index >= 15 is 0 Å². The van der Waals surface area contributed by atoms with Crippen molar-refractivity contribution in [3.8, 4) is 5.75 Å². The summed E-state index contributed by atoms with van der Waals surface area (Å²) in [4.78, 5) is 9.51. The molecular formula is C22H26N4O3S. The highest BCUT2D eigenvalue weighted by atomic mass is 32.2. The molecule has 0 bridgehead atoms. The molecule has 1 aromatic heterocycles. The van der Waals surface area contributed by atoms with Crippen LogP contribution in [0.5, 0.6) is 5.75 Å². The van der Waals surface area contributed by atoms with E-state index < -0.39 is 10.0 Å². The molecule has 0 spiro atoms. The lowest BCUT2D eigenvalue weighted by atomic mass is 10.1. The van der Waals surface area contributed by atoms with E-state index in [1.807, 2.05) is 24.3 Å². The second-order valence-corrected chi connectivity index (χ2v) is 8.94. The molecule has 0 aliphatic carbocycles. The molecule has 2 heterocycles. The van der Waals surface area contributed by atoms with Gasteiger partial charge in [-0.05, 0) is 42.3 Å². The van der Waals surface area contributed by atoms with Gasteiger partial charge in [-0.15, -0.1) is 0 Å². The molecule has 1 fully saturated rings. The lowest BCUT2D eigenvalue weighted by molar-refractivity contribution is 0.271. The highest BCUT2D eigenvalue weighted by Gasteiger charge is 2.21. The molecule has 1 aliphatic rings. The van der Waals surface area contributed by atoms with Crippen molar-refractivity contribution in [3.63, 3.8) is 0 Å². The Morgan fingerprint density at radius 3 is 2.40 bits per heavy atom. The maximum Gasteiger partial charge on any atom is 0.263 e. The topological polar surface area (TPSA) is 74.8 Å². The van der Waals surface area contributed by atoms with Crippen molar-refractivity contribution < 1.29 is 13.2 Å². The number of aromatic nitrogens is 1. The van der Waals surface area contributed by atoms with Gasteiger partial charge in [-0.25, -0.2) is 13.4 Å². The number of sulfonamides is 1. The third kappa shape index (κ3) is 4.20. The Morgan fingerprint density at radius 2 is 1.73 bits per heavy atom. The summed E-state index contributed by atoms with van der Waals surface area (Å²) < 4.78 is 33.5. The Bertz CT molecular complexity index is 1120. The first-order valence-electron chi connectivity index (χ1n) is 10.0. The second-order valence-electron chi connectivity index (χ2n) is 7.25. The van der Waals surface area contributed by atoms with Crippen LogP contribution < -0.4 is 14.4 Å². The Kier molecular flexibility index (Phi) is 5.78. The Morgan fingerprint density at radius 1 is 1.03 bits per heavy atom. The lowest BCUT2D eigenvalue weighted by Crippen LogP contribution is -2.46. The van der Waals surface area contributed by atoms with Gasteiger partial charge in [0, 0.05) is 31.6 Å². The highest BCUT2D eigenvalue weighted by Crippen LogP contribution is 2.29. The number of hydrogen-bond donors (Lipinski definition) is 1. The summed E-state index contributed by atoms with van der Waals surface area (Å²) in [6.07, 6.45) is 0. The van der Waals surface area contributed by atoms with Gasteiger partial charge in [0.1, 0.15) is 17.4 Å². The molecule has 0 radical (unpaired) electrons. The summed E-state index contributed by atoms with van der Waals surface area (Å²) in [5, 5.41) is 1.97. The number of piperazine rings is 1. The second kappa shape index (κ2) is 8.49. The zero-order valence-electron chi connectivity index (χ0n) is 17.2. The van der Waals surface area contributed by atoms with Crippen molar-refractivity contribution in [3.05, 3.63) is 54.6 Å². The van der Waals surface area contributed by atoms with Crippen LogP contribution in [0.1, 0.15) is 6.92 Å². The summed E-state index contributed by atoms with van der Waals surface area (Å²) in [5.41, 5.74) is 0. The van der Waals surface area contributed by atoms with E-state index in [0.717, 1.165) is 49.3 Å². The molecule has 30 heavy (non-hydrogen) atoms. The lowest BCUT2D eigenvalue weighted by Gasteiger charge is -2.35. The molecule has 4 rings (SSSR count). The highest BCUT2D eigenvalue weighted by molar-refractivity contribution is 7.92. The molecule has 0 saturated carbocycles. The zero-order valence-corrected chi connectivity index (χ0v) is 18.0. The molecule has 0 unspecified atom stereocenters.